The second-order valence-electron chi connectivity index (χ2n) is 5.75. The summed E-state index contributed by atoms with van der Waals surface area (Å²) in [5, 5.41) is 0.148. The van der Waals surface area contributed by atoms with Crippen LogP contribution in [0.25, 0.3) is 0 Å². The normalized spacial score (nSPS) is 12.8. The highest BCUT2D eigenvalue weighted by molar-refractivity contribution is 6.74. The first-order chi connectivity index (χ1) is 7.63. The third-order valence-corrected chi connectivity index (χ3v) is 7.86. The first-order valence-corrected chi connectivity index (χ1v) is 8.58. The van der Waals surface area contributed by atoms with Crippen LogP contribution < -0.4 is 5.73 Å². The van der Waals surface area contributed by atoms with Gasteiger partial charge in [0.1, 0.15) is 0 Å². The summed E-state index contributed by atoms with van der Waals surface area (Å²) in [6.45, 7) is 11.2. The highest BCUT2D eigenvalue weighted by atomic mass is 28.4. The molecule has 0 saturated carbocycles. The number of anilines is 1. The molecule has 1 rings (SSSR count). The highest BCUT2D eigenvalue weighted by Gasteiger charge is 2.37. The monoisotopic (exact) mass is 256 g/mol. The van der Waals surface area contributed by atoms with Crippen LogP contribution in [0.5, 0.6) is 0 Å². The van der Waals surface area contributed by atoms with Gasteiger partial charge in [-0.2, -0.15) is 4.39 Å². The zero-order valence-electron chi connectivity index (χ0n) is 11.2. The van der Waals surface area contributed by atoms with Gasteiger partial charge in [-0.05, 0) is 18.1 Å². The molecule has 96 valence electrons. The van der Waals surface area contributed by atoms with Crippen molar-refractivity contribution in [2.75, 3.05) is 5.73 Å². The van der Waals surface area contributed by atoms with E-state index in [1.165, 1.54) is 12.3 Å². The number of nitrogens with zero attached hydrogens (tertiary/aromatic N) is 1. The Morgan fingerprint density at radius 2 is 2.00 bits per heavy atom. The molecule has 0 amide bonds. The fourth-order valence-corrected chi connectivity index (χ4v) is 2.02. The molecule has 3 nitrogen and oxygen atoms in total. The average Bonchev–Trinajstić information content (AvgIpc) is 2.14. The number of halogens is 1. The molecular formula is C12H21FN2OSi. The maximum absolute atomic E-state index is 12.8. The minimum absolute atomic E-state index is 0.148. The Bertz CT molecular complexity index is 402. The molecule has 5 heteroatoms. The summed E-state index contributed by atoms with van der Waals surface area (Å²) in [6, 6.07) is 1.23. The molecule has 1 aromatic rings. The van der Waals surface area contributed by atoms with E-state index in [9.17, 15) is 4.39 Å². The number of hydrogen-bond acceptors (Lipinski definition) is 3. The standard InChI is InChI=1S/C12H21FN2OSi/c1-12(2,3)17(4,5)16-8-9-7-15-11(13)6-10(9)14/h6-7H,8H2,1-5H3,(H2,14,15). The number of aromatic nitrogens is 1. The molecule has 0 atom stereocenters. The summed E-state index contributed by atoms with van der Waals surface area (Å²) in [5.74, 6) is -0.557. The quantitative estimate of drug-likeness (QED) is 0.666. The smallest absolute Gasteiger partial charge is 0.214 e. The fourth-order valence-electron chi connectivity index (χ4n) is 1.07. The van der Waals surface area contributed by atoms with E-state index >= 15 is 0 Å². The van der Waals surface area contributed by atoms with E-state index < -0.39 is 14.3 Å². The molecule has 2 N–H and O–H groups in total. The molecule has 0 fully saturated rings. The summed E-state index contributed by atoms with van der Waals surface area (Å²) in [6.07, 6.45) is 1.44. The second kappa shape index (κ2) is 4.74. The minimum atomic E-state index is -1.80. The maximum Gasteiger partial charge on any atom is 0.214 e. The van der Waals surface area contributed by atoms with Crippen molar-refractivity contribution in [3.63, 3.8) is 0 Å². The Balaban J connectivity index is 2.74. The zero-order chi connectivity index (χ0) is 13.3. The van der Waals surface area contributed by atoms with Crippen molar-refractivity contribution < 1.29 is 8.82 Å². The van der Waals surface area contributed by atoms with Crippen LogP contribution in [0.4, 0.5) is 10.1 Å². The summed E-state index contributed by atoms with van der Waals surface area (Å²) in [4.78, 5) is 3.59. The Morgan fingerprint density at radius 3 is 2.47 bits per heavy atom. The number of rotatable bonds is 3. The van der Waals surface area contributed by atoms with Crippen molar-refractivity contribution in [1.29, 1.82) is 0 Å². The lowest BCUT2D eigenvalue weighted by atomic mass is 10.2. The second-order valence-corrected chi connectivity index (χ2v) is 10.6. The van der Waals surface area contributed by atoms with Gasteiger partial charge in [0, 0.05) is 23.5 Å². The average molecular weight is 256 g/mol. The number of hydrogen-bond donors (Lipinski definition) is 1. The SMILES string of the molecule is CC(C)(C)[Si](C)(C)OCc1cnc(F)cc1N. The first-order valence-electron chi connectivity index (χ1n) is 5.67. The van der Waals surface area contributed by atoms with Crippen molar-refractivity contribution in [3.8, 4) is 0 Å². The molecule has 0 aliphatic heterocycles. The number of nitrogens with two attached hydrogens (primary N) is 1. The number of nitrogen functional groups attached to an aromatic ring is 1. The summed E-state index contributed by atoms with van der Waals surface area (Å²) in [7, 11) is -1.80. The topological polar surface area (TPSA) is 48.1 Å². The summed E-state index contributed by atoms with van der Waals surface area (Å²) in [5.41, 5.74) is 6.86. The van der Waals surface area contributed by atoms with E-state index in [4.69, 9.17) is 10.2 Å². The maximum atomic E-state index is 12.8. The van der Waals surface area contributed by atoms with Gasteiger partial charge in [-0.1, -0.05) is 20.8 Å². The molecule has 0 saturated heterocycles. The van der Waals surface area contributed by atoms with Gasteiger partial charge in [0.05, 0.1) is 6.61 Å². The van der Waals surface area contributed by atoms with Gasteiger partial charge in [-0.25, -0.2) is 4.98 Å². The molecule has 1 heterocycles. The van der Waals surface area contributed by atoms with E-state index in [-0.39, 0.29) is 5.04 Å². The van der Waals surface area contributed by atoms with Crippen LogP contribution in [0, 0.1) is 5.95 Å². The molecular weight excluding hydrogens is 235 g/mol. The first kappa shape index (κ1) is 14.1. The van der Waals surface area contributed by atoms with Crippen molar-refractivity contribution in [3.05, 3.63) is 23.8 Å². The van der Waals surface area contributed by atoms with Crippen LogP contribution in [0.3, 0.4) is 0 Å². The molecule has 1 aromatic heterocycles. The van der Waals surface area contributed by atoms with Gasteiger partial charge < -0.3 is 10.2 Å². The predicted octanol–water partition coefficient (Wildman–Crippen LogP) is 3.32. The lowest BCUT2D eigenvalue weighted by Gasteiger charge is -2.36. The molecule has 0 unspecified atom stereocenters. The molecule has 0 aliphatic rings. The zero-order valence-corrected chi connectivity index (χ0v) is 12.2. The van der Waals surface area contributed by atoms with Crippen molar-refractivity contribution in [1.82, 2.24) is 4.98 Å². The van der Waals surface area contributed by atoms with E-state index in [1.807, 2.05) is 0 Å². The lowest BCUT2D eigenvalue weighted by molar-refractivity contribution is 0.276. The molecule has 0 spiro atoms. The van der Waals surface area contributed by atoms with Gasteiger partial charge >= 0.3 is 0 Å². The van der Waals surface area contributed by atoms with Crippen molar-refractivity contribution >= 4 is 14.0 Å². The third kappa shape index (κ3) is 3.51. The van der Waals surface area contributed by atoms with Gasteiger partial charge in [0.15, 0.2) is 8.32 Å². The number of pyridine rings is 1. The molecule has 0 aromatic carbocycles. The van der Waals surface area contributed by atoms with Crippen LogP contribution in [-0.4, -0.2) is 13.3 Å². The van der Waals surface area contributed by atoms with E-state index in [0.717, 1.165) is 5.56 Å². The molecule has 0 radical (unpaired) electrons. The van der Waals surface area contributed by atoms with E-state index in [0.29, 0.717) is 12.3 Å². The Hall–Kier alpha value is -0.943. The molecule has 0 bridgehead atoms. The van der Waals surface area contributed by atoms with Crippen LogP contribution >= 0.6 is 0 Å². The van der Waals surface area contributed by atoms with Crippen LogP contribution in [-0.2, 0) is 11.0 Å². The molecule has 17 heavy (non-hydrogen) atoms. The Labute approximate surface area is 103 Å². The van der Waals surface area contributed by atoms with Crippen molar-refractivity contribution in [2.24, 2.45) is 0 Å². The van der Waals surface area contributed by atoms with Gasteiger partial charge in [0.25, 0.3) is 0 Å². The summed E-state index contributed by atoms with van der Waals surface area (Å²) < 4.78 is 18.8. The fraction of sp³-hybridized carbons (Fsp3) is 0.583. The predicted molar refractivity (Wildman–Crippen MR) is 70.6 cm³/mol. The minimum Gasteiger partial charge on any atom is -0.412 e. The van der Waals surface area contributed by atoms with E-state index in [1.54, 1.807) is 0 Å². The highest BCUT2D eigenvalue weighted by Crippen LogP contribution is 2.37. The largest absolute Gasteiger partial charge is 0.412 e. The Morgan fingerprint density at radius 1 is 1.41 bits per heavy atom. The van der Waals surface area contributed by atoms with E-state index in [2.05, 4.69) is 38.8 Å². The third-order valence-electron chi connectivity index (χ3n) is 3.38. The van der Waals surface area contributed by atoms with Crippen LogP contribution in [0.15, 0.2) is 12.3 Å². The van der Waals surface area contributed by atoms with Crippen molar-refractivity contribution in [2.45, 2.75) is 45.5 Å². The molecule has 0 aliphatic carbocycles. The Kier molecular flexibility index (Phi) is 3.94. The van der Waals surface area contributed by atoms with Crippen LogP contribution in [0.1, 0.15) is 26.3 Å². The van der Waals surface area contributed by atoms with Gasteiger partial charge in [-0.15, -0.1) is 0 Å². The van der Waals surface area contributed by atoms with Gasteiger partial charge in [-0.3, -0.25) is 0 Å². The van der Waals surface area contributed by atoms with Gasteiger partial charge in [0.2, 0.25) is 5.95 Å². The summed E-state index contributed by atoms with van der Waals surface area (Å²) >= 11 is 0. The van der Waals surface area contributed by atoms with Crippen LogP contribution in [0.2, 0.25) is 18.1 Å². The lowest BCUT2D eigenvalue weighted by Crippen LogP contribution is -2.40.